The first-order valence-corrected chi connectivity index (χ1v) is 18.6. The molecule has 2 unspecified atom stereocenters. The fourth-order valence-corrected chi connectivity index (χ4v) is 7.61. The first kappa shape index (κ1) is 38.4. The van der Waals surface area contributed by atoms with Crippen molar-refractivity contribution in [2.75, 3.05) is 11.0 Å². The van der Waals surface area contributed by atoms with E-state index in [0.29, 0.717) is 38.3 Å². The van der Waals surface area contributed by atoms with Crippen molar-refractivity contribution in [2.24, 2.45) is 7.05 Å². The summed E-state index contributed by atoms with van der Waals surface area (Å²) < 4.78 is 104. The molecule has 0 aliphatic heterocycles. The van der Waals surface area contributed by atoms with Gasteiger partial charge in [-0.3, -0.25) is 14.2 Å². The number of anilines is 1. The van der Waals surface area contributed by atoms with E-state index in [-0.39, 0.29) is 52.0 Å². The Morgan fingerprint density at radius 2 is 1.82 bits per heavy atom. The summed E-state index contributed by atoms with van der Waals surface area (Å²) in [4.78, 5) is 26.1. The average molecular weight is 808 g/mol. The molecule has 4 aromatic heterocycles. The zero-order valence-corrected chi connectivity index (χ0v) is 31.0. The third-order valence-corrected chi connectivity index (χ3v) is 9.99. The van der Waals surface area contributed by atoms with Crippen molar-refractivity contribution in [3.63, 3.8) is 0 Å². The number of halogens is 7. The van der Waals surface area contributed by atoms with Crippen molar-refractivity contribution in [1.82, 2.24) is 39.8 Å². The molecule has 12 nitrogen and oxygen atoms in total. The number of hydrogen-bond acceptors (Lipinski definition) is 8. The quantitative estimate of drug-likeness (QED) is 0.0837. The Labute approximate surface area is 316 Å². The van der Waals surface area contributed by atoms with Gasteiger partial charge in [0.25, 0.3) is 12.3 Å². The number of amides is 1. The molecule has 1 aliphatic carbocycles. The van der Waals surface area contributed by atoms with Crippen molar-refractivity contribution < 1.29 is 40.8 Å². The van der Waals surface area contributed by atoms with Gasteiger partial charge in [0.2, 0.25) is 11.7 Å². The van der Waals surface area contributed by atoms with Crippen molar-refractivity contribution in [1.29, 1.82) is 0 Å². The van der Waals surface area contributed by atoms with Gasteiger partial charge in [-0.2, -0.15) is 23.7 Å². The number of pyridine rings is 1. The highest BCUT2D eigenvalue weighted by Gasteiger charge is 2.46. The molecule has 1 aliphatic rings. The van der Waals surface area contributed by atoms with Gasteiger partial charge in [0.15, 0.2) is 5.65 Å². The van der Waals surface area contributed by atoms with Crippen LogP contribution < -0.4 is 10.0 Å². The van der Waals surface area contributed by atoms with Crippen LogP contribution in [-0.4, -0.2) is 56.3 Å². The Morgan fingerprint density at radius 1 is 1.11 bits per heavy atom. The maximum absolute atomic E-state index is 15.0. The van der Waals surface area contributed by atoms with Crippen LogP contribution in [0.25, 0.3) is 33.2 Å². The summed E-state index contributed by atoms with van der Waals surface area (Å²) in [5.74, 6) is -5.98. The summed E-state index contributed by atoms with van der Waals surface area (Å²) in [5.41, 5.74) is -1.70. The number of alkyl halides is 4. The standard InChI is InChI=1S/C35H32ClF6N9O3S/c1-34(2,53)33-44-23-13-20(18-5-6-21(36)25-28(18)50(3)48-32(25)49-55(4)54)26(45-31(23)46-33)22(11-15-9-16(37)12-17(38)10-15)43-24(52)14-51-29-19(7-8-35(29,41)42)27(47-51)30(39)40/h5-6,9-10,12-13,22,30,53H,7-8,11,14H2,1-4H3,(H,43,52)(H,48,49)(H,44,45,46). The maximum Gasteiger partial charge on any atom is 0.290 e. The predicted octanol–water partition coefficient (Wildman–Crippen LogP) is 6.65. The largest absolute Gasteiger partial charge is 0.593 e. The Kier molecular flexibility index (Phi) is 9.80. The summed E-state index contributed by atoms with van der Waals surface area (Å²) in [7, 11) is 1.61. The van der Waals surface area contributed by atoms with E-state index in [0.717, 1.165) is 12.1 Å². The minimum atomic E-state index is -3.52. The van der Waals surface area contributed by atoms with E-state index < -0.39 is 77.2 Å². The van der Waals surface area contributed by atoms with Crippen molar-refractivity contribution in [2.45, 2.75) is 63.6 Å². The van der Waals surface area contributed by atoms with Crippen LogP contribution >= 0.6 is 11.6 Å². The number of hydrogen-bond donors (Lipinski definition) is 4. The van der Waals surface area contributed by atoms with E-state index >= 15 is 0 Å². The highest BCUT2D eigenvalue weighted by Crippen LogP contribution is 2.45. The number of H-pyrrole nitrogens is 1. The minimum Gasteiger partial charge on any atom is -0.593 e. The van der Waals surface area contributed by atoms with Crippen molar-refractivity contribution in [3.05, 3.63) is 87.1 Å². The topological polar surface area (TPSA) is 162 Å². The lowest BCUT2D eigenvalue weighted by atomic mass is 9.94. The molecule has 4 N–H and O–H groups in total. The lowest BCUT2D eigenvalue weighted by Crippen LogP contribution is -2.35. The van der Waals surface area contributed by atoms with E-state index in [1.54, 1.807) is 25.2 Å². The molecule has 20 heteroatoms. The first-order valence-electron chi connectivity index (χ1n) is 16.7. The SMILES string of the molecule is Cn1nc(N[S+](C)[O-])c2c(Cl)ccc(-c3cc4[nH]c(C(C)(C)O)nc4nc3C(Cc3cc(F)cc(F)c3)NC(=O)Cn3nc(C(F)F)c4c3C(F)(F)CC4)c21. The van der Waals surface area contributed by atoms with Crippen LogP contribution in [0.4, 0.5) is 32.2 Å². The minimum absolute atomic E-state index is 0.0695. The van der Waals surface area contributed by atoms with E-state index in [9.17, 15) is 40.8 Å². The fraction of sp³-hybridized carbons (Fsp3) is 0.343. The van der Waals surface area contributed by atoms with Gasteiger partial charge in [0, 0.05) is 36.2 Å². The summed E-state index contributed by atoms with van der Waals surface area (Å²) in [6.07, 6.45) is -3.15. The predicted molar refractivity (Wildman–Crippen MR) is 192 cm³/mol. The van der Waals surface area contributed by atoms with Gasteiger partial charge in [-0.05, 0) is 56.5 Å². The third-order valence-electron chi connectivity index (χ3n) is 9.19. The second-order valence-electron chi connectivity index (χ2n) is 13.8. The molecular weight excluding hydrogens is 776 g/mol. The molecule has 290 valence electrons. The lowest BCUT2D eigenvalue weighted by molar-refractivity contribution is -0.122. The molecule has 2 aromatic carbocycles. The van der Waals surface area contributed by atoms with E-state index in [2.05, 4.69) is 30.2 Å². The van der Waals surface area contributed by atoms with Gasteiger partial charge in [-0.25, -0.2) is 27.5 Å². The van der Waals surface area contributed by atoms with Crippen LogP contribution in [0.1, 0.15) is 66.8 Å². The Bertz CT molecular complexity index is 2460. The summed E-state index contributed by atoms with van der Waals surface area (Å²) in [6, 6.07) is 6.29. The van der Waals surface area contributed by atoms with Crippen LogP contribution in [0.3, 0.4) is 0 Å². The zero-order valence-electron chi connectivity index (χ0n) is 29.4. The molecule has 6 aromatic rings. The molecule has 0 bridgehead atoms. The second-order valence-corrected chi connectivity index (χ2v) is 15.3. The van der Waals surface area contributed by atoms with Crippen LogP contribution in [0.15, 0.2) is 36.4 Å². The number of aromatic amines is 1. The van der Waals surface area contributed by atoms with Gasteiger partial charge in [-0.15, -0.1) is 0 Å². The lowest BCUT2D eigenvalue weighted by Gasteiger charge is -2.23. The number of fused-ring (bicyclic) bond motifs is 3. The van der Waals surface area contributed by atoms with Gasteiger partial charge < -0.3 is 20.0 Å². The number of aromatic nitrogens is 7. The average Bonchev–Trinajstić information content (AvgIpc) is 3.82. The number of carbonyl (C=O) groups is 1. The Balaban J connectivity index is 1.42. The summed E-state index contributed by atoms with van der Waals surface area (Å²) in [6.45, 7) is 2.08. The summed E-state index contributed by atoms with van der Waals surface area (Å²) in [5, 5.41) is 22.3. The van der Waals surface area contributed by atoms with Gasteiger partial charge in [0.1, 0.15) is 47.2 Å². The number of benzene rings is 2. The smallest absolute Gasteiger partial charge is 0.290 e. The molecule has 0 saturated heterocycles. The third kappa shape index (κ3) is 7.32. The van der Waals surface area contributed by atoms with Crippen LogP contribution in [0, 0.1) is 11.6 Å². The number of imidazole rings is 1. The second kappa shape index (κ2) is 14.0. The zero-order chi connectivity index (χ0) is 39.7. The van der Waals surface area contributed by atoms with Crippen molar-refractivity contribution in [3.8, 4) is 11.1 Å². The van der Waals surface area contributed by atoms with E-state index in [1.807, 2.05) is 0 Å². The number of aryl methyl sites for hydroxylation is 1. The molecule has 2 atom stereocenters. The number of nitrogens with one attached hydrogen (secondary N) is 3. The molecular formula is C35H32ClF6N9O3S. The molecule has 4 heterocycles. The van der Waals surface area contributed by atoms with Crippen LogP contribution in [0.2, 0.25) is 5.02 Å². The molecule has 55 heavy (non-hydrogen) atoms. The Morgan fingerprint density at radius 3 is 2.47 bits per heavy atom. The monoisotopic (exact) mass is 807 g/mol. The number of carbonyl (C=O) groups excluding carboxylic acids is 1. The molecule has 1 amide bonds. The highest BCUT2D eigenvalue weighted by molar-refractivity contribution is 7.92. The number of nitrogens with zero attached hydrogens (tertiary/aromatic N) is 6. The normalized spacial score (nSPS) is 15.2. The molecule has 0 fully saturated rings. The molecule has 0 spiro atoms. The Hall–Kier alpha value is -4.85. The first-order chi connectivity index (χ1) is 25.8. The van der Waals surface area contributed by atoms with Gasteiger partial charge in [-0.1, -0.05) is 17.7 Å². The highest BCUT2D eigenvalue weighted by atomic mass is 35.5. The molecule has 7 rings (SSSR count). The van der Waals surface area contributed by atoms with Crippen molar-refractivity contribution >= 4 is 56.8 Å². The van der Waals surface area contributed by atoms with Gasteiger partial charge >= 0.3 is 0 Å². The molecule has 0 saturated carbocycles. The summed E-state index contributed by atoms with van der Waals surface area (Å²) >= 11 is 5.10. The van der Waals surface area contributed by atoms with E-state index in [4.69, 9.17) is 16.6 Å². The fourth-order valence-electron chi connectivity index (χ4n) is 6.95. The van der Waals surface area contributed by atoms with Crippen LogP contribution in [0.5, 0.6) is 0 Å². The number of aliphatic hydroxyl groups is 1. The number of rotatable bonds is 11. The van der Waals surface area contributed by atoms with E-state index in [1.165, 1.54) is 24.8 Å². The van der Waals surface area contributed by atoms with Crippen LogP contribution in [-0.2, 0) is 54.1 Å². The molecule has 0 radical (unpaired) electrons. The maximum atomic E-state index is 15.0. The van der Waals surface area contributed by atoms with Gasteiger partial charge in [0.05, 0.1) is 44.5 Å².